The number of anilines is 1. The Kier molecular flexibility index (Phi) is 7.53. The first-order chi connectivity index (χ1) is 21.7. The summed E-state index contributed by atoms with van der Waals surface area (Å²) in [4.78, 5) is 13.5. The Morgan fingerprint density at radius 1 is 0.978 bits per heavy atom. The van der Waals surface area contributed by atoms with Crippen LogP contribution in [0.5, 0.6) is 5.75 Å². The predicted octanol–water partition coefficient (Wildman–Crippen LogP) is 6.72. The number of urea groups is 1. The molecule has 3 unspecified atom stereocenters. The average molecular weight is 605 g/mol. The summed E-state index contributed by atoms with van der Waals surface area (Å²) in [5, 5.41) is 23.5. The van der Waals surface area contributed by atoms with Crippen LogP contribution >= 0.6 is 0 Å². The minimum Gasteiger partial charge on any atom is -0.484 e. The topological polar surface area (TPSA) is 110 Å². The number of amides is 2. The molecule has 10 heteroatoms. The van der Waals surface area contributed by atoms with Crippen molar-refractivity contribution in [3.05, 3.63) is 101 Å². The van der Waals surface area contributed by atoms with E-state index in [-0.39, 0.29) is 29.6 Å². The second kappa shape index (κ2) is 11.7. The molecule has 4 heterocycles. The van der Waals surface area contributed by atoms with Gasteiger partial charge in [0, 0.05) is 11.5 Å². The molecule has 45 heavy (non-hydrogen) atoms. The fourth-order valence-corrected chi connectivity index (χ4v) is 6.32. The molecule has 10 nitrogen and oxygen atoms in total. The first kappa shape index (κ1) is 29.0. The molecule has 1 aliphatic carbocycles. The summed E-state index contributed by atoms with van der Waals surface area (Å²) in [6.45, 7) is 9.40. The highest BCUT2D eigenvalue weighted by atomic mass is 16.5. The molecule has 0 bridgehead atoms. The number of carbonyl (C=O) groups excluding carboxylic acids is 1. The lowest BCUT2D eigenvalue weighted by atomic mass is 9.85. The Balaban J connectivity index is 1.09. The molecule has 1 saturated heterocycles. The van der Waals surface area contributed by atoms with Gasteiger partial charge in [0.05, 0.1) is 29.7 Å². The zero-order valence-corrected chi connectivity index (χ0v) is 26.2. The monoisotopic (exact) mass is 604 g/mol. The molecule has 3 N–H and O–H groups in total. The van der Waals surface area contributed by atoms with Gasteiger partial charge in [-0.1, -0.05) is 62.7 Å². The van der Waals surface area contributed by atoms with Crippen LogP contribution in [0, 0.1) is 6.92 Å². The van der Waals surface area contributed by atoms with Gasteiger partial charge in [0.2, 0.25) is 0 Å². The van der Waals surface area contributed by atoms with E-state index in [1.807, 2.05) is 65.2 Å². The summed E-state index contributed by atoms with van der Waals surface area (Å²) in [7, 11) is 0. The van der Waals surface area contributed by atoms with Crippen molar-refractivity contribution in [3.8, 4) is 11.4 Å². The van der Waals surface area contributed by atoms with Crippen molar-refractivity contribution >= 4 is 17.5 Å². The number of rotatable bonds is 6. The first-order valence-corrected chi connectivity index (χ1v) is 15.8. The lowest BCUT2D eigenvalue weighted by molar-refractivity contribution is 0.171. The fourth-order valence-electron chi connectivity index (χ4n) is 6.32. The maximum absolute atomic E-state index is 13.5. The van der Waals surface area contributed by atoms with Crippen molar-refractivity contribution in [2.24, 2.45) is 0 Å². The minimum absolute atomic E-state index is 0.137. The van der Waals surface area contributed by atoms with E-state index in [9.17, 15) is 4.79 Å². The molecule has 1 aliphatic heterocycles. The second-order valence-electron chi connectivity index (χ2n) is 13.2. The van der Waals surface area contributed by atoms with Crippen molar-refractivity contribution in [2.75, 3.05) is 11.9 Å². The van der Waals surface area contributed by atoms with Gasteiger partial charge in [-0.2, -0.15) is 5.10 Å². The van der Waals surface area contributed by atoms with Gasteiger partial charge in [-0.15, -0.1) is 10.2 Å². The van der Waals surface area contributed by atoms with E-state index in [4.69, 9.17) is 9.84 Å². The van der Waals surface area contributed by atoms with E-state index in [2.05, 4.69) is 66.0 Å². The number of benzene rings is 2. The van der Waals surface area contributed by atoms with Crippen LogP contribution in [0.15, 0.2) is 72.9 Å². The lowest BCUT2D eigenvalue weighted by Gasteiger charge is -2.32. The van der Waals surface area contributed by atoms with Gasteiger partial charge >= 0.3 is 6.03 Å². The van der Waals surface area contributed by atoms with Gasteiger partial charge in [0.25, 0.3) is 0 Å². The van der Waals surface area contributed by atoms with Gasteiger partial charge in [0.15, 0.2) is 11.5 Å². The summed E-state index contributed by atoms with van der Waals surface area (Å²) in [6.07, 6.45) is 5.54. The van der Waals surface area contributed by atoms with Gasteiger partial charge in [-0.3, -0.25) is 9.72 Å². The molecule has 7 rings (SSSR count). The number of fused-ring (bicyclic) bond motifs is 2. The molecule has 2 aliphatic rings. The van der Waals surface area contributed by atoms with E-state index < -0.39 is 0 Å². The molecule has 5 aromatic rings. The van der Waals surface area contributed by atoms with Crippen LogP contribution in [0.1, 0.15) is 92.9 Å². The molecular weight excluding hydrogens is 564 g/mol. The Bertz CT molecular complexity index is 1830. The van der Waals surface area contributed by atoms with Gasteiger partial charge in [-0.25, -0.2) is 9.48 Å². The Hall–Kier alpha value is -4.70. The summed E-state index contributed by atoms with van der Waals surface area (Å²) in [5.74, 6) is 2.32. The van der Waals surface area contributed by atoms with Gasteiger partial charge in [-0.05, 0) is 74.5 Å². The van der Waals surface area contributed by atoms with Crippen molar-refractivity contribution in [1.82, 2.24) is 35.0 Å². The number of nitrogens with one attached hydrogen (secondary N) is 3. The minimum atomic E-state index is -0.269. The third-order valence-electron chi connectivity index (χ3n) is 8.79. The molecule has 0 radical (unpaired) electrons. The number of hydrogen-bond donors (Lipinski definition) is 3. The number of ether oxygens (including phenoxy) is 1. The third-order valence-corrected chi connectivity index (χ3v) is 8.79. The number of pyridine rings is 1. The van der Waals surface area contributed by atoms with Crippen LogP contribution < -0.4 is 20.7 Å². The summed E-state index contributed by atoms with van der Waals surface area (Å²) in [5.41, 5.74) is 5.74. The SMILES string of the molecule is Cc1ccc(-n2nc(C(C)(C)C)cc2NC(=O)NC2CCC(Oc3ccc4nnc(C5CCCN5)n4c3)c3ccccc32)cc1. The Morgan fingerprint density at radius 2 is 1.78 bits per heavy atom. The van der Waals surface area contributed by atoms with Crippen LogP contribution in [0.25, 0.3) is 11.3 Å². The largest absolute Gasteiger partial charge is 0.484 e. The number of aryl methyl sites for hydroxylation is 1. The molecule has 0 spiro atoms. The number of aromatic nitrogens is 5. The standard InChI is InChI=1S/C35H40N8O2/c1-22-11-13-23(14-12-22)43-32(20-30(41-43)35(2,3)4)38-34(44)37-27-16-17-29(26-9-6-5-8-25(26)27)45-24-15-18-31-39-40-33(42(31)21-24)28-10-7-19-36-28/h5-6,8-9,11-15,18,20-21,27-29,36H,7,10,16-17,19H2,1-4H3,(H2,37,38,44). The van der Waals surface area contributed by atoms with Gasteiger partial charge in [0.1, 0.15) is 17.7 Å². The van der Waals surface area contributed by atoms with Crippen LogP contribution in [0.3, 0.4) is 0 Å². The fraction of sp³-hybridized carbons (Fsp3) is 0.371. The molecule has 3 aromatic heterocycles. The Morgan fingerprint density at radius 3 is 2.53 bits per heavy atom. The van der Waals surface area contributed by atoms with Crippen LogP contribution in [0.2, 0.25) is 0 Å². The van der Waals surface area contributed by atoms with E-state index in [0.29, 0.717) is 5.82 Å². The molecule has 232 valence electrons. The zero-order valence-electron chi connectivity index (χ0n) is 26.2. The van der Waals surface area contributed by atoms with E-state index >= 15 is 0 Å². The summed E-state index contributed by atoms with van der Waals surface area (Å²) < 4.78 is 10.4. The normalized spacial score (nSPS) is 19.8. The second-order valence-corrected chi connectivity index (χ2v) is 13.2. The van der Waals surface area contributed by atoms with E-state index in [1.54, 1.807) is 4.68 Å². The predicted molar refractivity (Wildman–Crippen MR) is 174 cm³/mol. The molecule has 3 atom stereocenters. The molecule has 1 fully saturated rings. The van der Waals surface area contributed by atoms with Crippen molar-refractivity contribution in [2.45, 2.75) is 77.0 Å². The first-order valence-electron chi connectivity index (χ1n) is 15.8. The van der Waals surface area contributed by atoms with Crippen molar-refractivity contribution < 1.29 is 9.53 Å². The Labute approximate surface area is 263 Å². The summed E-state index contributed by atoms with van der Waals surface area (Å²) in [6, 6.07) is 22.0. The zero-order chi connectivity index (χ0) is 31.1. The molecule has 0 saturated carbocycles. The van der Waals surface area contributed by atoms with E-state index in [1.165, 1.54) is 0 Å². The van der Waals surface area contributed by atoms with Gasteiger partial charge < -0.3 is 15.4 Å². The maximum Gasteiger partial charge on any atom is 0.320 e. The van der Waals surface area contributed by atoms with Crippen LogP contribution in [-0.4, -0.2) is 37.0 Å². The molecule has 2 amide bonds. The third kappa shape index (κ3) is 5.90. The van der Waals surface area contributed by atoms with E-state index in [0.717, 1.165) is 77.5 Å². The lowest BCUT2D eigenvalue weighted by Crippen LogP contribution is -2.36. The molecular formula is C35H40N8O2. The van der Waals surface area contributed by atoms with Crippen molar-refractivity contribution in [1.29, 1.82) is 0 Å². The highest BCUT2D eigenvalue weighted by molar-refractivity contribution is 5.89. The van der Waals surface area contributed by atoms with Crippen molar-refractivity contribution in [3.63, 3.8) is 0 Å². The number of carbonyl (C=O) groups is 1. The van der Waals surface area contributed by atoms with Crippen LogP contribution in [-0.2, 0) is 5.41 Å². The smallest absolute Gasteiger partial charge is 0.320 e. The quantitative estimate of drug-likeness (QED) is 0.198. The highest BCUT2D eigenvalue weighted by Gasteiger charge is 2.30. The molecule has 2 aromatic carbocycles. The summed E-state index contributed by atoms with van der Waals surface area (Å²) >= 11 is 0. The maximum atomic E-state index is 13.5. The van der Waals surface area contributed by atoms with Crippen LogP contribution in [0.4, 0.5) is 10.6 Å². The number of hydrogen-bond acceptors (Lipinski definition) is 6. The average Bonchev–Trinajstić information content (AvgIpc) is 3.79. The number of nitrogens with zero attached hydrogens (tertiary/aromatic N) is 5. The highest BCUT2D eigenvalue weighted by Crippen LogP contribution is 2.39.